The van der Waals surface area contributed by atoms with E-state index in [9.17, 15) is 9.59 Å². The van der Waals surface area contributed by atoms with Crippen LogP contribution in [0.4, 0.5) is 0 Å². The first-order valence-electron chi connectivity index (χ1n) is 11.1. The van der Waals surface area contributed by atoms with E-state index in [2.05, 4.69) is 0 Å². The number of para-hydroxylation sites is 1. The van der Waals surface area contributed by atoms with Gasteiger partial charge in [-0.3, -0.25) is 4.79 Å². The zero-order valence-electron chi connectivity index (χ0n) is 18.4. The van der Waals surface area contributed by atoms with Crippen LogP contribution in [0.3, 0.4) is 0 Å². The van der Waals surface area contributed by atoms with Crippen LogP contribution in [0, 0.1) is 0 Å². The highest BCUT2D eigenvalue weighted by atomic mass is 16.5. The van der Waals surface area contributed by atoms with Gasteiger partial charge in [-0.1, -0.05) is 72.8 Å². The minimum Gasteiger partial charge on any atom is -0.452 e. The first kappa shape index (κ1) is 20.7. The second-order valence-electron chi connectivity index (χ2n) is 8.12. The van der Waals surface area contributed by atoms with E-state index in [0.717, 1.165) is 22.1 Å². The van der Waals surface area contributed by atoms with Crippen LogP contribution in [-0.2, 0) is 0 Å². The molecule has 5 nitrogen and oxygen atoms in total. The lowest BCUT2D eigenvalue weighted by Crippen LogP contribution is -2.07. The lowest BCUT2D eigenvalue weighted by Gasteiger charge is -2.04. The maximum Gasteiger partial charge on any atom is 0.379 e. The molecule has 1 aliphatic heterocycles. The first-order chi connectivity index (χ1) is 17.1. The Bertz CT molecular complexity index is 1580. The molecule has 0 atom stereocenters. The highest BCUT2D eigenvalue weighted by Crippen LogP contribution is 2.35. The molecule has 0 saturated heterocycles. The van der Waals surface area contributed by atoms with Gasteiger partial charge in [-0.05, 0) is 47.0 Å². The fraction of sp³-hybridized carbons (Fsp3) is 0. The maximum atomic E-state index is 12.8. The van der Waals surface area contributed by atoms with Crippen molar-refractivity contribution in [1.82, 2.24) is 0 Å². The van der Waals surface area contributed by atoms with Gasteiger partial charge in [0.1, 0.15) is 17.1 Å². The molecule has 6 rings (SSSR count). The second-order valence-corrected chi connectivity index (χ2v) is 8.12. The van der Waals surface area contributed by atoms with Crippen LogP contribution in [0.1, 0.15) is 26.5 Å². The number of ether oxygens (including phenoxy) is 2. The van der Waals surface area contributed by atoms with Crippen molar-refractivity contribution in [2.75, 3.05) is 0 Å². The van der Waals surface area contributed by atoms with Crippen LogP contribution >= 0.6 is 0 Å². The van der Waals surface area contributed by atoms with Crippen molar-refractivity contribution in [2.24, 2.45) is 0 Å². The number of fused-ring (bicyclic) bond motifs is 2. The zero-order chi connectivity index (χ0) is 23.8. The van der Waals surface area contributed by atoms with Crippen LogP contribution < -0.4 is 9.47 Å². The highest BCUT2D eigenvalue weighted by Gasteiger charge is 2.28. The first-order valence-corrected chi connectivity index (χ1v) is 11.1. The van der Waals surface area contributed by atoms with Crippen molar-refractivity contribution in [1.29, 1.82) is 0 Å². The molecule has 0 spiro atoms. The number of Topliss-reactive ketones (excluding diaryl/α,β-unsaturated/α-hetero) is 1. The molecule has 2 heterocycles. The number of rotatable bonds is 4. The molecule has 0 amide bonds. The van der Waals surface area contributed by atoms with Crippen LogP contribution in [0.25, 0.3) is 28.2 Å². The molecule has 5 heteroatoms. The van der Waals surface area contributed by atoms with Gasteiger partial charge in [-0.25, -0.2) is 4.79 Å². The number of esters is 1. The average molecular weight is 458 g/mol. The van der Waals surface area contributed by atoms with Crippen molar-refractivity contribution in [3.05, 3.63) is 126 Å². The fourth-order valence-corrected chi connectivity index (χ4v) is 4.02. The molecule has 5 aromatic rings. The van der Waals surface area contributed by atoms with Crippen molar-refractivity contribution >= 4 is 28.8 Å². The second kappa shape index (κ2) is 8.47. The number of allylic oxidation sites excluding steroid dienone is 1. The number of hydrogen-bond donors (Lipinski definition) is 0. The van der Waals surface area contributed by atoms with Crippen LogP contribution in [0.5, 0.6) is 11.5 Å². The molecule has 0 radical (unpaired) electrons. The summed E-state index contributed by atoms with van der Waals surface area (Å²) >= 11 is 0. The van der Waals surface area contributed by atoms with E-state index >= 15 is 0 Å². The van der Waals surface area contributed by atoms with Gasteiger partial charge in [0.15, 0.2) is 5.76 Å². The van der Waals surface area contributed by atoms with Gasteiger partial charge in [0.25, 0.3) is 0 Å². The Morgan fingerprint density at radius 1 is 0.771 bits per heavy atom. The molecule has 1 aromatic heterocycles. The van der Waals surface area contributed by atoms with E-state index in [-0.39, 0.29) is 23.1 Å². The molecule has 0 N–H and O–H groups in total. The normalized spacial score (nSPS) is 13.6. The predicted molar refractivity (Wildman–Crippen MR) is 132 cm³/mol. The third-order valence-corrected chi connectivity index (χ3v) is 5.79. The number of carbonyl (C=O) groups is 2. The molecular weight excluding hydrogens is 440 g/mol. The van der Waals surface area contributed by atoms with E-state index in [1.807, 2.05) is 72.8 Å². The third-order valence-electron chi connectivity index (χ3n) is 5.79. The molecule has 0 bridgehead atoms. The molecule has 0 fully saturated rings. The summed E-state index contributed by atoms with van der Waals surface area (Å²) in [6.45, 7) is 0. The van der Waals surface area contributed by atoms with Crippen LogP contribution in [-0.4, -0.2) is 11.8 Å². The number of carbonyl (C=O) groups excluding carboxylic acids is 2. The van der Waals surface area contributed by atoms with E-state index in [0.29, 0.717) is 16.9 Å². The number of furan rings is 1. The summed E-state index contributed by atoms with van der Waals surface area (Å²) < 4.78 is 16.8. The van der Waals surface area contributed by atoms with Crippen molar-refractivity contribution in [2.45, 2.75) is 0 Å². The molecule has 1 aliphatic rings. The largest absolute Gasteiger partial charge is 0.452 e. The lowest BCUT2D eigenvalue weighted by atomic mass is 10.0. The van der Waals surface area contributed by atoms with Gasteiger partial charge in [0.05, 0.1) is 5.56 Å². The monoisotopic (exact) mass is 458 g/mol. The minimum atomic E-state index is -0.625. The summed E-state index contributed by atoms with van der Waals surface area (Å²) in [6.07, 6.45) is 1.71. The summed E-state index contributed by atoms with van der Waals surface area (Å²) in [5, 5.41) is 0.814. The standard InChI is InChI=1S/C30H18O5/c31-29-24-15-14-23(33-30(32)28-17-22-8-4-5-9-25(22)34-28)18-26(24)35-27(29)16-19-10-12-21(13-11-19)20-6-2-1-3-7-20/h1-18H/b27-16-. The van der Waals surface area contributed by atoms with Crippen molar-refractivity contribution in [3.8, 4) is 22.6 Å². The number of ketones is 1. The number of hydrogen-bond acceptors (Lipinski definition) is 5. The zero-order valence-corrected chi connectivity index (χ0v) is 18.4. The van der Waals surface area contributed by atoms with Crippen molar-refractivity contribution in [3.63, 3.8) is 0 Å². The van der Waals surface area contributed by atoms with E-state index < -0.39 is 5.97 Å². The summed E-state index contributed by atoms with van der Waals surface area (Å²) in [5.74, 6) is 0.0750. The summed E-state index contributed by atoms with van der Waals surface area (Å²) in [4.78, 5) is 25.4. The smallest absolute Gasteiger partial charge is 0.379 e. The van der Waals surface area contributed by atoms with Gasteiger partial charge in [-0.2, -0.15) is 0 Å². The number of benzene rings is 4. The van der Waals surface area contributed by atoms with Gasteiger partial charge < -0.3 is 13.9 Å². The van der Waals surface area contributed by atoms with Gasteiger partial charge >= 0.3 is 5.97 Å². The van der Waals surface area contributed by atoms with Gasteiger partial charge in [0.2, 0.25) is 11.5 Å². The molecule has 168 valence electrons. The molecular formula is C30H18O5. The van der Waals surface area contributed by atoms with E-state index in [1.54, 1.807) is 30.3 Å². The molecule has 0 saturated carbocycles. The molecule has 4 aromatic carbocycles. The van der Waals surface area contributed by atoms with Crippen molar-refractivity contribution < 1.29 is 23.5 Å². The topological polar surface area (TPSA) is 65.7 Å². The average Bonchev–Trinajstić information content (AvgIpc) is 3.46. The maximum absolute atomic E-state index is 12.8. The SMILES string of the molecule is O=C(Oc1ccc2c(c1)O/C(=C\c1ccc(-c3ccccc3)cc1)C2=O)c1cc2ccccc2o1. The summed E-state index contributed by atoms with van der Waals surface area (Å²) in [6, 6.07) is 31.6. The Morgan fingerprint density at radius 3 is 2.31 bits per heavy atom. The summed E-state index contributed by atoms with van der Waals surface area (Å²) in [7, 11) is 0. The Kier molecular flexibility index (Phi) is 5.00. The lowest BCUT2D eigenvalue weighted by molar-refractivity contribution is 0.0703. The van der Waals surface area contributed by atoms with Gasteiger partial charge in [-0.15, -0.1) is 0 Å². The third kappa shape index (κ3) is 4.00. The van der Waals surface area contributed by atoms with Crippen LogP contribution in [0.15, 0.2) is 113 Å². The Morgan fingerprint density at radius 2 is 1.51 bits per heavy atom. The molecule has 0 unspecified atom stereocenters. The molecule has 35 heavy (non-hydrogen) atoms. The predicted octanol–water partition coefficient (Wildman–Crippen LogP) is 6.94. The van der Waals surface area contributed by atoms with Gasteiger partial charge in [0, 0.05) is 11.5 Å². The summed E-state index contributed by atoms with van der Waals surface area (Å²) in [5.41, 5.74) is 4.08. The Balaban J connectivity index is 1.20. The highest BCUT2D eigenvalue weighted by molar-refractivity contribution is 6.14. The van der Waals surface area contributed by atoms with E-state index in [1.165, 1.54) is 6.07 Å². The van der Waals surface area contributed by atoms with E-state index in [4.69, 9.17) is 13.9 Å². The Hall–Kier alpha value is -4.90. The Labute approximate surface area is 200 Å². The minimum absolute atomic E-state index is 0.100. The van der Waals surface area contributed by atoms with Crippen LogP contribution in [0.2, 0.25) is 0 Å². The quantitative estimate of drug-likeness (QED) is 0.166. The molecule has 0 aliphatic carbocycles. The fourth-order valence-electron chi connectivity index (χ4n) is 4.02.